The fourth-order valence-corrected chi connectivity index (χ4v) is 3.37. The number of ether oxygens (including phenoxy) is 1. The number of rotatable bonds is 4. The summed E-state index contributed by atoms with van der Waals surface area (Å²) >= 11 is 0. The Labute approximate surface area is 121 Å². The lowest BCUT2D eigenvalue weighted by Crippen LogP contribution is -2.50. The zero-order valence-corrected chi connectivity index (χ0v) is 12.4. The second-order valence-electron chi connectivity index (χ2n) is 6.54. The third-order valence-electron chi connectivity index (χ3n) is 4.73. The molecule has 2 saturated heterocycles. The first kappa shape index (κ1) is 14.3. The van der Waals surface area contributed by atoms with Crippen molar-refractivity contribution in [3.05, 3.63) is 0 Å². The van der Waals surface area contributed by atoms with Crippen LogP contribution >= 0.6 is 0 Å². The molecular formula is C15H27N3O2. The maximum Gasteiger partial charge on any atom is 0.223 e. The van der Waals surface area contributed by atoms with Gasteiger partial charge in [-0.15, -0.1) is 0 Å². The Bertz CT molecular complexity index is 346. The zero-order valence-electron chi connectivity index (χ0n) is 12.4. The van der Waals surface area contributed by atoms with Crippen molar-refractivity contribution in [2.45, 2.75) is 50.8 Å². The van der Waals surface area contributed by atoms with Gasteiger partial charge in [-0.05, 0) is 39.2 Å². The molecule has 0 bridgehead atoms. The molecule has 1 aliphatic carbocycles. The number of piperidine rings is 1. The van der Waals surface area contributed by atoms with Crippen LogP contribution in [0.5, 0.6) is 0 Å². The van der Waals surface area contributed by atoms with Crippen LogP contribution in [0.15, 0.2) is 0 Å². The quantitative estimate of drug-likeness (QED) is 0.781. The fraction of sp³-hybridized carbons (Fsp3) is 0.933. The molecule has 0 aromatic rings. The molecule has 2 aliphatic heterocycles. The Morgan fingerprint density at radius 2 is 2.25 bits per heavy atom. The lowest BCUT2D eigenvalue weighted by atomic mass is 9.92. The molecule has 2 heterocycles. The van der Waals surface area contributed by atoms with Crippen LogP contribution in [0.3, 0.4) is 0 Å². The molecule has 3 aliphatic rings. The fourth-order valence-electron chi connectivity index (χ4n) is 3.37. The van der Waals surface area contributed by atoms with Crippen molar-refractivity contribution >= 4 is 5.91 Å². The Kier molecular flexibility index (Phi) is 4.58. The molecule has 0 radical (unpaired) electrons. The normalized spacial score (nSPS) is 35.8. The van der Waals surface area contributed by atoms with Crippen molar-refractivity contribution in [1.29, 1.82) is 0 Å². The molecule has 1 unspecified atom stereocenters. The lowest BCUT2D eigenvalue weighted by Gasteiger charge is -2.33. The molecule has 1 saturated carbocycles. The molecule has 0 aromatic carbocycles. The van der Waals surface area contributed by atoms with Crippen LogP contribution in [0.2, 0.25) is 0 Å². The van der Waals surface area contributed by atoms with Gasteiger partial charge in [0, 0.05) is 37.6 Å². The minimum atomic E-state index is 0.174. The first-order chi connectivity index (χ1) is 9.72. The number of nitrogens with zero attached hydrogens (tertiary/aromatic N) is 1. The van der Waals surface area contributed by atoms with E-state index in [4.69, 9.17) is 4.74 Å². The van der Waals surface area contributed by atoms with Gasteiger partial charge < -0.3 is 15.4 Å². The van der Waals surface area contributed by atoms with Crippen molar-refractivity contribution in [2.24, 2.45) is 5.92 Å². The summed E-state index contributed by atoms with van der Waals surface area (Å²) in [6, 6.07) is 1.25. The van der Waals surface area contributed by atoms with Crippen molar-refractivity contribution in [2.75, 3.05) is 32.8 Å². The van der Waals surface area contributed by atoms with E-state index in [0.717, 1.165) is 45.1 Å². The molecular weight excluding hydrogens is 254 g/mol. The van der Waals surface area contributed by atoms with Gasteiger partial charge >= 0.3 is 0 Å². The molecule has 0 aromatic heterocycles. The van der Waals surface area contributed by atoms with E-state index < -0.39 is 0 Å². The van der Waals surface area contributed by atoms with E-state index in [2.05, 4.69) is 22.5 Å². The summed E-state index contributed by atoms with van der Waals surface area (Å²) in [6.07, 6.45) is 4.76. The molecule has 20 heavy (non-hydrogen) atoms. The highest BCUT2D eigenvalue weighted by atomic mass is 16.5. The van der Waals surface area contributed by atoms with Crippen molar-refractivity contribution in [3.63, 3.8) is 0 Å². The van der Waals surface area contributed by atoms with Gasteiger partial charge in [0.15, 0.2) is 0 Å². The number of carbonyl (C=O) groups excluding carboxylic acids is 1. The van der Waals surface area contributed by atoms with E-state index in [9.17, 15) is 4.79 Å². The molecule has 3 fully saturated rings. The highest BCUT2D eigenvalue weighted by molar-refractivity contribution is 5.78. The number of hydrogen-bond donors (Lipinski definition) is 2. The molecule has 0 spiro atoms. The van der Waals surface area contributed by atoms with Crippen molar-refractivity contribution < 1.29 is 9.53 Å². The third kappa shape index (κ3) is 3.71. The van der Waals surface area contributed by atoms with Crippen LogP contribution < -0.4 is 10.6 Å². The van der Waals surface area contributed by atoms with E-state index in [1.165, 1.54) is 12.8 Å². The summed E-state index contributed by atoms with van der Waals surface area (Å²) in [6.45, 7) is 6.61. The van der Waals surface area contributed by atoms with Gasteiger partial charge in [0.1, 0.15) is 0 Å². The van der Waals surface area contributed by atoms with Crippen LogP contribution in [0.4, 0.5) is 0 Å². The predicted octanol–water partition coefficient (Wildman–Crippen LogP) is 0.354. The molecule has 3 atom stereocenters. The van der Waals surface area contributed by atoms with E-state index >= 15 is 0 Å². The summed E-state index contributed by atoms with van der Waals surface area (Å²) in [5.41, 5.74) is 0. The summed E-state index contributed by atoms with van der Waals surface area (Å²) in [5.74, 6) is 0.389. The molecule has 5 heteroatoms. The first-order valence-electron chi connectivity index (χ1n) is 8.09. The largest absolute Gasteiger partial charge is 0.374 e. The Hall–Kier alpha value is -0.650. The van der Waals surface area contributed by atoms with E-state index in [1.807, 2.05) is 0 Å². The number of carbonyl (C=O) groups is 1. The highest BCUT2D eigenvalue weighted by Gasteiger charge is 2.33. The van der Waals surface area contributed by atoms with Crippen LogP contribution in [0, 0.1) is 5.92 Å². The monoisotopic (exact) mass is 281 g/mol. The second kappa shape index (κ2) is 6.41. The number of amides is 1. The van der Waals surface area contributed by atoms with E-state index in [-0.39, 0.29) is 17.9 Å². The topological polar surface area (TPSA) is 53.6 Å². The molecule has 3 rings (SSSR count). The van der Waals surface area contributed by atoms with Gasteiger partial charge in [-0.1, -0.05) is 0 Å². The Balaban J connectivity index is 1.40. The van der Waals surface area contributed by atoms with Gasteiger partial charge in [0.05, 0.1) is 12.7 Å². The number of nitrogens with one attached hydrogen (secondary N) is 2. The summed E-state index contributed by atoms with van der Waals surface area (Å²) in [5, 5.41) is 6.49. The standard InChI is InChI=1S/C15H27N3O2/c1-11-8-12(4-5-16-11)15(19)17-9-14-10-18(6-7-20-14)13-2-3-13/h11-14,16H,2-10H2,1H3,(H,17,19)/t11-,12-,14?/m0/s1. The van der Waals surface area contributed by atoms with Crippen LogP contribution in [0.25, 0.3) is 0 Å². The summed E-state index contributed by atoms with van der Waals surface area (Å²) in [7, 11) is 0. The van der Waals surface area contributed by atoms with E-state index in [0.29, 0.717) is 12.6 Å². The van der Waals surface area contributed by atoms with Crippen LogP contribution in [-0.2, 0) is 9.53 Å². The summed E-state index contributed by atoms with van der Waals surface area (Å²) in [4.78, 5) is 14.7. The molecule has 5 nitrogen and oxygen atoms in total. The summed E-state index contributed by atoms with van der Waals surface area (Å²) < 4.78 is 5.78. The minimum Gasteiger partial charge on any atom is -0.374 e. The SMILES string of the molecule is C[C@H]1C[C@@H](C(=O)NCC2CN(C3CC3)CCO2)CCN1. The Morgan fingerprint density at radius 3 is 3.00 bits per heavy atom. The van der Waals surface area contributed by atoms with Crippen molar-refractivity contribution in [3.8, 4) is 0 Å². The predicted molar refractivity (Wildman–Crippen MR) is 77.5 cm³/mol. The Morgan fingerprint density at radius 1 is 1.40 bits per heavy atom. The highest BCUT2D eigenvalue weighted by Crippen LogP contribution is 2.28. The van der Waals surface area contributed by atoms with Gasteiger partial charge in [0.25, 0.3) is 0 Å². The molecule has 114 valence electrons. The van der Waals surface area contributed by atoms with E-state index in [1.54, 1.807) is 0 Å². The number of morpholine rings is 1. The van der Waals surface area contributed by atoms with Crippen molar-refractivity contribution in [1.82, 2.24) is 15.5 Å². The van der Waals surface area contributed by atoms with Crippen LogP contribution in [-0.4, -0.2) is 61.8 Å². The lowest BCUT2D eigenvalue weighted by molar-refractivity contribution is -0.127. The van der Waals surface area contributed by atoms with Gasteiger partial charge in [-0.25, -0.2) is 0 Å². The smallest absolute Gasteiger partial charge is 0.223 e. The average Bonchev–Trinajstić information content (AvgIpc) is 3.30. The number of hydrogen-bond acceptors (Lipinski definition) is 4. The van der Waals surface area contributed by atoms with Gasteiger partial charge in [0.2, 0.25) is 5.91 Å². The zero-order chi connectivity index (χ0) is 13.9. The molecule has 1 amide bonds. The minimum absolute atomic E-state index is 0.174. The maximum absolute atomic E-state index is 12.2. The maximum atomic E-state index is 12.2. The van der Waals surface area contributed by atoms with Gasteiger partial charge in [-0.2, -0.15) is 0 Å². The average molecular weight is 281 g/mol. The first-order valence-corrected chi connectivity index (χ1v) is 8.09. The molecule has 2 N–H and O–H groups in total. The second-order valence-corrected chi connectivity index (χ2v) is 6.54. The third-order valence-corrected chi connectivity index (χ3v) is 4.73. The van der Waals surface area contributed by atoms with Crippen LogP contribution in [0.1, 0.15) is 32.6 Å². The van der Waals surface area contributed by atoms with Gasteiger partial charge in [-0.3, -0.25) is 9.69 Å².